The average Bonchev–Trinajstić information content (AvgIpc) is 2.95. The van der Waals surface area contributed by atoms with Gasteiger partial charge in [-0.15, -0.1) is 0 Å². The van der Waals surface area contributed by atoms with Gasteiger partial charge >= 0.3 is 0 Å². The number of benzene rings is 3. The van der Waals surface area contributed by atoms with E-state index < -0.39 is 28.5 Å². The maximum absolute atomic E-state index is 14.1. The van der Waals surface area contributed by atoms with E-state index in [9.17, 15) is 18.0 Å². The third-order valence-corrected chi connectivity index (χ3v) is 8.62. The summed E-state index contributed by atoms with van der Waals surface area (Å²) in [6.07, 6.45) is 1.16. The van der Waals surface area contributed by atoms with Crippen molar-refractivity contribution in [2.24, 2.45) is 0 Å². The van der Waals surface area contributed by atoms with Gasteiger partial charge in [-0.2, -0.15) is 0 Å². The number of sulfonamides is 1. The van der Waals surface area contributed by atoms with Crippen LogP contribution in [0, 0.1) is 6.92 Å². The number of rotatable bonds is 13. The fourth-order valence-corrected chi connectivity index (χ4v) is 6.00. The minimum atomic E-state index is -4.08. The molecule has 214 valence electrons. The number of anilines is 1. The molecule has 8 heteroatoms. The van der Waals surface area contributed by atoms with Crippen molar-refractivity contribution in [3.8, 4) is 0 Å². The lowest BCUT2D eigenvalue weighted by Gasteiger charge is -2.33. The number of carbonyl (C=O) groups excluding carboxylic acids is 2. The fourth-order valence-electron chi connectivity index (χ4n) is 4.57. The fraction of sp³-hybridized carbons (Fsp3) is 0.375. The lowest BCUT2D eigenvalue weighted by atomic mass is 10.0. The van der Waals surface area contributed by atoms with Crippen molar-refractivity contribution in [3.05, 3.63) is 95.6 Å². The van der Waals surface area contributed by atoms with E-state index in [1.165, 1.54) is 17.0 Å². The summed E-state index contributed by atoms with van der Waals surface area (Å²) in [6.45, 7) is 10.2. The van der Waals surface area contributed by atoms with Crippen molar-refractivity contribution < 1.29 is 18.0 Å². The molecule has 0 saturated carbocycles. The maximum Gasteiger partial charge on any atom is 0.264 e. The van der Waals surface area contributed by atoms with Gasteiger partial charge in [-0.05, 0) is 61.1 Å². The van der Waals surface area contributed by atoms with Gasteiger partial charge < -0.3 is 10.2 Å². The van der Waals surface area contributed by atoms with Gasteiger partial charge in [0.2, 0.25) is 11.8 Å². The monoisotopic (exact) mass is 563 g/mol. The molecule has 7 nitrogen and oxygen atoms in total. The maximum atomic E-state index is 14.1. The Kier molecular flexibility index (Phi) is 10.9. The van der Waals surface area contributed by atoms with Gasteiger partial charge in [0, 0.05) is 13.1 Å². The number of hydrogen-bond donors (Lipinski definition) is 1. The summed E-state index contributed by atoms with van der Waals surface area (Å²) < 4.78 is 29.0. The number of amides is 2. The predicted octanol–water partition coefficient (Wildman–Crippen LogP) is 5.65. The zero-order chi connectivity index (χ0) is 29.3. The highest BCUT2D eigenvalue weighted by Crippen LogP contribution is 2.27. The Morgan fingerprint density at radius 1 is 0.900 bits per heavy atom. The van der Waals surface area contributed by atoms with Crippen LogP contribution in [0.5, 0.6) is 0 Å². The third kappa shape index (κ3) is 7.72. The highest BCUT2D eigenvalue weighted by Gasteiger charge is 2.33. The molecule has 0 aromatic heterocycles. The number of carbonyl (C=O) groups is 2. The van der Waals surface area contributed by atoms with E-state index in [-0.39, 0.29) is 23.3 Å². The minimum Gasteiger partial charge on any atom is -0.354 e. The first-order valence-corrected chi connectivity index (χ1v) is 15.3. The average molecular weight is 564 g/mol. The molecule has 0 aliphatic carbocycles. The quantitative estimate of drug-likeness (QED) is 0.291. The number of nitrogens with zero attached hydrogens (tertiary/aromatic N) is 2. The molecule has 3 aromatic carbocycles. The second-order valence-corrected chi connectivity index (χ2v) is 12.2. The molecule has 3 aromatic rings. The number of nitrogens with one attached hydrogen (secondary N) is 1. The van der Waals surface area contributed by atoms with Crippen molar-refractivity contribution in [2.75, 3.05) is 17.4 Å². The summed E-state index contributed by atoms with van der Waals surface area (Å²) in [4.78, 5) is 28.9. The van der Waals surface area contributed by atoms with Gasteiger partial charge in [-0.3, -0.25) is 13.9 Å². The summed E-state index contributed by atoms with van der Waals surface area (Å²) in [5.41, 5.74) is 3.35. The van der Waals surface area contributed by atoms with Crippen LogP contribution in [-0.4, -0.2) is 44.3 Å². The van der Waals surface area contributed by atoms with E-state index in [0.717, 1.165) is 27.4 Å². The summed E-state index contributed by atoms with van der Waals surface area (Å²) in [5, 5.41) is 2.91. The van der Waals surface area contributed by atoms with Gasteiger partial charge in [-0.25, -0.2) is 8.42 Å². The topological polar surface area (TPSA) is 86.8 Å². The third-order valence-electron chi connectivity index (χ3n) is 6.83. The van der Waals surface area contributed by atoms with E-state index >= 15 is 0 Å². The van der Waals surface area contributed by atoms with Crippen LogP contribution in [0.25, 0.3) is 0 Å². The first-order chi connectivity index (χ1) is 19.1. The second-order valence-electron chi connectivity index (χ2n) is 10.3. The number of aryl methyl sites for hydroxylation is 1. The van der Waals surface area contributed by atoms with E-state index in [1.54, 1.807) is 30.3 Å². The molecule has 0 bridgehead atoms. The van der Waals surface area contributed by atoms with Crippen LogP contribution in [0.3, 0.4) is 0 Å². The Labute approximate surface area is 239 Å². The minimum absolute atomic E-state index is 0.0914. The van der Waals surface area contributed by atoms with E-state index in [0.29, 0.717) is 18.7 Å². The molecule has 2 amide bonds. The Morgan fingerprint density at radius 3 is 2.15 bits per heavy atom. The molecule has 0 aliphatic heterocycles. The highest BCUT2D eigenvalue weighted by atomic mass is 32.2. The largest absolute Gasteiger partial charge is 0.354 e. The van der Waals surface area contributed by atoms with Crippen LogP contribution in [0.1, 0.15) is 63.1 Å². The zero-order valence-corrected chi connectivity index (χ0v) is 24.9. The Bertz CT molecular complexity index is 1370. The first-order valence-electron chi connectivity index (χ1n) is 13.9. The lowest BCUT2D eigenvalue weighted by molar-refractivity contribution is -0.140. The van der Waals surface area contributed by atoms with Gasteiger partial charge in [0.05, 0.1) is 10.6 Å². The number of hydrogen-bond acceptors (Lipinski definition) is 4. The first kappa shape index (κ1) is 30.9. The van der Waals surface area contributed by atoms with E-state index in [2.05, 4.69) is 19.2 Å². The van der Waals surface area contributed by atoms with Crippen LogP contribution in [-0.2, 0) is 26.2 Å². The van der Waals surface area contributed by atoms with Crippen molar-refractivity contribution >= 4 is 27.5 Å². The van der Waals surface area contributed by atoms with Crippen LogP contribution in [0.2, 0.25) is 0 Å². The summed E-state index contributed by atoms with van der Waals surface area (Å²) in [7, 11) is -4.08. The van der Waals surface area contributed by atoms with Crippen molar-refractivity contribution in [1.82, 2.24) is 10.2 Å². The summed E-state index contributed by atoms with van der Waals surface area (Å²) >= 11 is 0. The van der Waals surface area contributed by atoms with Crippen molar-refractivity contribution in [2.45, 2.75) is 70.9 Å². The predicted molar refractivity (Wildman–Crippen MR) is 161 cm³/mol. The van der Waals surface area contributed by atoms with Crippen LogP contribution in [0.4, 0.5) is 5.69 Å². The molecular formula is C32H41N3O4S. The molecule has 0 fully saturated rings. The zero-order valence-electron chi connectivity index (χ0n) is 24.1. The van der Waals surface area contributed by atoms with Gasteiger partial charge in [0.15, 0.2) is 0 Å². The normalized spacial score (nSPS) is 12.2. The molecule has 0 unspecified atom stereocenters. The molecule has 0 saturated heterocycles. The molecule has 1 atom stereocenters. The summed E-state index contributed by atoms with van der Waals surface area (Å²) in [6, 6.07) is 22.4. The smallest absolute Gasteiger partial charge is 0.264 e. The molecule has 0 radical (unpaired) electrons. The Hall–Kier alpha value is -3.65. The Balaban J connectivity index is 2.05. The second kappa shape index (κ2) is 14.1. The standard InChI is InChI=1S/C32H41N3O4S/c1-6-20-33-32(37)30(7-2)34(22-26-13-11-12-25(5)21-26)31(36)23-35(28-18-16-27(17-19-28)24(3)4)40(38,39)29-14-9-8-10-15-29/h8-19,21,24,30H,6-7,20,22-23H2,1-5H3,(H,33,37)/t30-/m1/s1. The van der Waals surface area contributed by atoms with Crippen molar-refractivity contribution in [3.63, 3.8) is 0 Å². The van der Waals surface area contributed by atoms with Crippen LogP contribution < -0.4 is 9.62 Å². The van der Waals surface area contributed by atoms with Crippen LogP contribution >= 0.6 is 0 Å². The molecule has 0 aliphatic rings. The SMILES string of the molecule is CCCNC(=O)[C@@H](CC)N(Cc1cccc(C)c1)C(=O)CN(c1ccc(C(C)C)cc1)S(=O)(=O)c1ccccc1. The van der Waals surface area contributed by atoms with Crippen molar-refractivity contribution in [1.29, 1.82) is 0 Å². The molecule has 1 N–H and O–H groups in total. The molecular weight excluding hydrogens is 522 g/mol. The highest BCUT2D eigenvalue weighted by molar-refractivity contribution is 7.92. The van der Waals surface area contributed by atoms with E-state index in [4.69, 9.17) is 0 Å². The molecule has 40 heavy (non-hydrogen) atoms. The summed E-state index contributed by atoms with van der Waals surface area (Å²) in [5.74, 6) is -0.428. The Morgan fingerprint density at radius 2 is 1.57 bits per heavy atom. The lowest BCUT2D eigenvalue weighted by Crippen LogP contribution is -2.52. The molecule has 3 rings (SSSR count). The molecule has 0 heterocycles. The molecule has 0 spiro atoms. The van der Waals surface area contributed by atoms with Gasteiger partial charge in [0.25, 0.3) is 10.0 Å². The van der Waals surface area contributed by atoms with E-state index in [1.807, 2.05) is 57.2 Å². The van der Waals surface area contributed by atoms with Crippen LogP contribution in [0.15, 0.2) is 83.8 Å². The van der Waals surface area contributed by atoms with Gasteiger partial charge in [-0.1, -0.05) is 87.9 Å². The van der Waals surface area contributed by atoms with Gasteiger partial charge in [0.1, 0.15) is 12.6 Å².